The molecule has 0 fully saturated rings. The molecule has 1 atom stereocenters. The number of amides is 1. The van der Waals surface area contributed by atoms with Crippen molar-refractivity contribution >= 4 is 39.9 Å². The molecule has 1 aliphatic heterocycles. The van der Waals surface area contributed by atoms with E-state index in [4.69, 9.17) is 9.15 Å². The van der Waals surface area contributed by atoms with Crippen LogP contribution in [0.2, 0.25) is 0 Å². The molecule has 3 heterocycles. The maximum absolute atomic E-state index is 13.5. The fourth-order valence-electron chi connectivity index (χ4n) is 4.46. The van der Waals surface area contributed by atoms with Crippen LogP contribution in [0.5, 0.6) is 5.75 Å². The summed E-state index contributed by atoms with van der Waals surface area (Å²) >= 11 is 2.53. The van der Waals surface area contributed by atoms with Crippen LogP contribution in [0.15, 0.2) is 117 Å². The van der Waals surface area contributed by atoms with Gasteiger partial charge in [0.25, 0.3) is 5.91 Å². The number of carbonyl (C=O) groups is 2. The molecule has 42 heavy (non-hydrogen) atoms. The number of hydrogen-bond acceptors (Lipinski definition) is 9. The molecule has 1 amide bonds. The molecule has 3 aromatic carbocycles. The van der Waals surface area contributed by atoms with Crippen LogP contribution in [-0.2, 0) is 17.2 Å². The van der Waals surface area contributed by atoms with Crippen molar-refractivity contribution < 1.29 is 28.2 Å². The van der Waals surface area contributed by atoms with Crippen LogP contribution in [0.25, 0.3) is 0 Å². The standard InChI is InChI=1S/C31H22FN3O5S2/c32-22-12-8-20(9-13-22)18-41-31-34-33-30(42-31)35-26(25(28(37)29(35)38)27(36)24-7-4-16-39-24)21-10-14-23(15-11-21)40-17-19-5-2-1-3-6-19/h1-16,26,37H,17-18H2. The monoisotopic (exact) mass is 599 g/mol. The lowest BCUT2D eigenvalue weighted by atomic mass is 9.95. The Balaban J connectivity index is 1.28. The molecule has 2 aromatic heterocycles. The predicted molar refractivity (Wildman–Crippen MR) is 156 cm³/mol. The number of aliphatic hydroxyl groups is 1. The molecule has 1 N–H and O–H groups in total. The van der Waals surface area contributed by atoms with Gasteiger partial charge < -0.3 is 14.3 Å². The van der Waals surface area contributed by atoms with Gasteiger partial charge >= 0.3 is 0 Å². The minimum Gasteiger partial charge on any atom is -0.503 e. The van der Waals surface area contributed by atoms with Crippen LogP contribution in [0.3, 0.4) is 0 Å². The maximum Gasteiger partial charge on any atom is 0.296 e. The Morgan fingerprint density at radius 2 is 1.74 bits per heavy atom. The number of thioether (sulfide) groups is 1. The van der Waals surface area contributed by atoms with Gasteiger partial charge in [-0.25, -0.2) is 4.39 Å². The highest BCUT2D eigenvalue weighted by atomic mass is 32.2. The van der Waals surface area contributed by atoms with Gasteiger partial charge in [0.1, 0.15) is 18.2 Å². The Kier molecular flexibility index (Phi) is 7.85. The number of ether oxygens (including phenoxy) is 1. The fraction of sp³-hybridized carbons (Fsp3) is 0.0968. The number of aliphatic hydroxyl groups excluding tert-OH is 1. The van der Waals surface area contributed by atoms with E-state index < -0.39 is 23.5 Å². The summed E-state index contributed by atoms with van der Waals surface area (Å²) in [6.45, 7) is 0.375. The topological polar surface area (TPSA) is 106 Å². The lowest BCUT2D eigenvalue weighted by molar-refractivity contribution is -0.117. The van der Waals surface area contributed by atoms with Crippen LogP contribution in [0.1, 0.15) is 33.3 Å². The number of halogens is 1. The largest absolute Gasteiger partial charge is 0.503 e. The number of nitrogens with zero attached hydrogens (tertiary/aromatic N) is 3. The van der Waals surface area contributed by atoms with Gasteiger partial charge in [0, 0.05) is 5.75 Å². The van der Waals surface area contributed by atoms with Crippen molar-refractivity contribution in [2.75, 3.05) is 4.90 Å². The molecule has 5 aromatic rings. The van der Waals surface area contributed by atoms with Gasteiger partial charge in [-0.05, 0) is 53.1 Å². The van der Waals surface area contributed by atoms with E-state index in [1.54, 1.807) is 42.5 Å². The molecule has 210 valence electrons. The second-order valence-electron chi connectivity index (χ2n) is 9.26. The summed E-state index contributed by atoms with van der Waals surface area (Å²) in [6.07, 6.45) is 1.35. The summed E-state index contributed by atoms with van der Waals surface area (Å²) in [7, 11) is 0. The Hall–Kier alpha value is -4.74. The van der Waals surface area contributed by atoms with Crippen LogP contribution < -0.4 is 9.64 Å². The molecule has 0 spiro atoms. The summed E-state index contributed by atoms with van der Waals surface area (Å²) in [5.74, 6) is -1.27. The minimum absolute atomic E-state index is 0.00757. The first-order valence-electron chi connectivity index (χ1n) is 12.8. The van der Waals surface area contributed by atoms with E-state index in [0.29, 0.717) is 28.0 Å². The van der Waals surface area contributed by atoms with E-state index in [1.165, 1.54) is 41.1 Å². The lowest BCUT2D eigenvalue weighted by Crippen LogP contribution is -2.31. The smallest absolute Gasteiger partial charge is 0.296 e. The number of aromatic nitrogens is 2. The van der Waals surface area contributed by atoms with Crippen LogP contribution >= 0.6 is 23.1 Å². The third-order valence-corrected chi connectivity index (χ3v) is 8.65. The number of rotatable bonds is 10. The number of Topliss-reactive ketones (excluding diaryl/α,β-unsaturated/α-hetero) is 1. The molecule has 0 aliphatic carbocycles. The summed E-state index contributed by atoms with van der Waals surface area (Å²) in [4.78, 5) is 28.2. The highest BCUT2D eigenvalue weighted by Gasteiger charge is 2.46. The zero-order valence-corrected chi connectivity index (χ0v) is 23.5. The molecule has 1 unspecified atom stereocenters. The summed E-state index contributed by atoms with van der Waals surface area (Å²) < 4.78 is 25.0. The van der Waals surface area contributed by atoms with Gasteiger partial charge in [-0.2, -0.15) is 0 Å². The molecule has 0 saturated carbocycles. The van der Waals surface area contributed by atoms with Crippen molar-refractivity contribution in [3.05, 3.63) is 137 Å². The number of furan rings is 1. The highest BCUT2D eigenvalue weighted by molar-refractivity contribution is 8.00. The van der Waals surface area contributed by atoms with Crippen LogP contribution in [0, 0.1) is 5.82 Å². The number of benzene rings is 3. The van der Waals surface area contributed by atoms with Gasteiger partial charge in [-0.15, -0.1) is 10.2 Å². The molecule has 0 radical (unpaired) electrons. The fourth-order valence-corrected chi connectivity index (χ4v) is 6.28. The third kappa shape index (κ3) is 5.69. The molecular weight excluding hydrogens is 577 g/mol. The number of hydrogen-bond donors (Lipinski definition) is 1. The molecule has 0 bridgehead atoms. The van der Waals surface area contributed by atoms with Gasteiger partial charge in [0.2, 0.25) is 10.9 Å². The average Bonchev–Trinajstić information content (AvgIpc) is 3.77. The first kappa shape index (κ1) is 27.4. The quantitative estimate of drug-likeness (QED) is 0.105. The van der Waals surface area contributed by atoms with Gasteiger partial charge in [-0.1, -0.05) is 77.7 Å². The molecule has 6 rings (SSSR count). The summed E-state index contributed by atoms with van der Waals surface area (Å²) in [5, 5.41) is 19.6. The van der Waals surface area contributed by atoms with Crippen molar-refractivity contribution in [1.29, 1.82) is 0 Å². The first-order valence-corrected chi connectivity index (χ1v) is 14.6. The SMILES string of the molecule is O=C(C1=C(O)C(=O)N(c2nnc(SCc3ccc(F)cc3)s2)C1c1ccc(OCc2ccccc2)cc1)c1ccco1. The van der Waals surface area contributed by atoms with E-state index in [9.17, 15) is 19.1 Å². The molecule has 1 aliphatic rings. The zero-order valence-electron chi connectivity index (χ0n) is 21.8. The average molecular weight is 600 g/mol. The van der Waals surface area contributed by atoms with E-state index >= 15 is 0 Å². The molecule has 8 nitrogen and oxygen atoms in total. The van der Waals surface area contributed by atoms with Crippen molar-refractivity contribution in [3.63, 3.8) is 0 Å². The molecule has 0 saturated heterocycles. The van der Waals surface area contributed by atoms with Crippen molar-refractivity contribution in [1.82, 2.24) is 10.2 Å². The van der Waals surface area contributed by atoms with Crippen molar-refractivity contribution in [2.45, 2.75) is 22.7 Å². The Labute approximate surface area is 248 Å². The summed E-state index contributed by atoms with van der Waals surface area (Å²) in [6, 6.07) is 24.9. The lowest BCUT2D eigenvalue weighted by Gasteiger charge is -2.24. The molecular formula is C31H22FN3O5S2. The van der Waals surface area contributed by atoms with E-state index in [0.717, 1.165) is 22.5 Å². The maximum atomic E-state index is 13.5. The van der Waals surface area contributed by atoms with Gasteiger partial charge in [-0.3, -0.25) is 14.5 Å². The number of carbonyl (C=O) groups excluding carboxylic acids is 2. The number of ketones is 1. The van der Waals surface area contributed by atoms with Crippen molar-refractivity contribution in [2.24, 2.45) is 0 Å². The first-order chi connectivity index (χ1) is 20.5. The second-order valence-corrected chi connectivity index (χ2v) is 11.4. The Morgan fingerprint density at radius 1 is 0.976 bits per heavy atom. The Morgan fingerprint density at radius 3 is 2.45 bits per heavy atom. The number of anilines is 1. The Bertz CT molecular complexity index is 1740. The minimum atomic E-state index is -0.985. The second kappa shape index (κ2) is 12.0. The molecule has 11 heteroatoms. The normalized spacial score (nSPS) is 14.9. The van der Waals surface area contributed by atoms with Gasteiger partial charge in [0.05, 0.1) is 17.9 Å². The van der Waals surface area contributed by atoms with Gasteiger partial charge in [0.15, 0.2) is 15.9 Å². The zero-order chi connectivity index (χ0) is 29.1. The van der Waals surface area contributed by atoms with E-state index in [-0.39, 0.29) is 22.3 Å². The van der Waals surface area contributed by atoms with Crippen LogP contribution in [0.4, 0.5) is 9.52 Å². The van der Waals surface area contributed by atoms with E-state index in [1.807, 2.05) is 30.3 Å². The highest BCUT2D eigenvalue weighted by Crippen LogP contribution is 2.44. The third-order valence-electron chi connectivity index (χ3n) is 6.52. The van der Waals surface area contributed by atoms with Crippen molar-refractivity contribution in [3.8, 4) is 5.75 Å². The van der Waals surface area contributed by atoms with Crippen LogP contribution in [-0.4, -0.2) is 27.0 Å². The summed E-state index contributed by atoms with van der Waals surface area (Å²) in [5.41, 5.74) is 2.35. The predicted octanol–water partition coefficient (Wildman–Crippen LogP) is 6.92. The van der Waals surface area contributed by atoms with E-state index in [2.05, 4.69) is 10.2 Å².